The van der Waals surface area contributed by atoms with Crippen LogP contribution in [0.2, 0.25) is 0 Å². The van der Waals surface area contributed by atoms with Crippen molar-refractivity contribution in [3.63, 3.8) is 0 Å². The van der Waals surface area contributed by atoms with Crippen LogP contribution in [0.5, 0.6) is 0 Å². The smallest absolute Gasteiger partial charge is 0.338 e. The van der Waals surface area contributed by atoms with Gasteiger partial charge in [-0.05, 0) is 65.0 Å². The van der Waals surface area contributed by atoms with Gasteiger partial charge in [0.15, 0.2) is 6.10 Å². The number of azide groups is 1. The maximum absolute atomic E-state index is 12.8. The fraction of sp³-hybridized carbons (Fsp3) is 0.650. The van der Waals surface area contributed by atoms with Crippen LogP contribution in [0.4, 0.5) is 0 Å². The zero-order chi connectivity index (χ0) is 20.1. The van der Waals surface area contributed by atoms with E-state index in [1.54, 1.807) is 6.92 Å². The van der Waals surface area contributed by atoms with Crippen molar-refractivity contribution in [2.75, 3.05) is 6.61 Å². The molecule has 1 aromatic carbocycles. The molecule has 0 amide bonds. The number of esters is 1. The number of carbonyl (C=O) groups excluding carboxylic acids is 1. The molecule has 2 atom stereocenters. The van der Waals surface area contributed by atoms with Crippen molar-refractivity contribution >= 4 is 5.97 Å². The minimum Gasteiger partial charge on any atom is -0.464 e. The van der Waals surface area contributed by atoms with Crippen LogP contribution in [0, 0.1) is 0 Å². The largest absolute Gasteiger partial charge is 0.464 e. The molecule has 1 fully saturated rings. The zero-order valence-corrected chi connectivity index (χ0v) is 16.9. The summed E-state index contributed by atoms with van der Waals surface area (Å²) in [7, 11) is 0. The Morgan fingerprint density at radius 1 is 1.22 bits per heavy atom. The van der Waals surface area contributed by atoms with Gasteiger partial charge in [-0.3, -0.25) is 4.84 Å². The van der Waals surface area contributed by atoms with Crippen molar-refractivity contribution < 1.29 is 14.4 Å². The highest BCUT2D eigenvalue weighted by Gasteiger charge is 2.46. The first-order chi connectivity index (χ1) is 12.7. The molecule has 0 bridgehead atoms. The molecule has 0 spiro atoms. The maximum atomic E-state index is 12.8. The maximum Gasteiger partial charge on any atom is 0.338 e. The summed E-state index contributed by atoms with van der Waals surface area (Å²) in [5, 5.41) is 5.78. The van der Waals surface area contributed by atoms with Gasteiger partial charge in [0.1, 0.15) is 6.04 Å². The van der Waals surface area contributed by atoms with Gasteiger partial charge >= 0.3 is 5.97 Å². The topological polar surface area (TPSA) is 87.5 Å². The summed E-state index contributed by atoms with van der Waals surface area (Å²) in [5.74, 6) is -0.532. The first-order valence-electron chi connectivity index (χ1n) is 9.46. The molecule has 0 saturated carbocycles. The molecule has 7 heteroatoms. The number of ether oxygens (including phenoxy) is 1. The van der Waals surface area contributed by atoms with E-state index in [1.165, 1.54) is 0 Å². The molecule has 1 aliphatic heterocycles. The monoisotopic (exact) mass is 374 g/mol. The first-order valence-corrected chi connectivity index (χ1v) is 9.46. The molecule has 148 valence electrons. The lowest BCUT2D eigenvalue weighted by Gasteiger charge is -2.52. The predicted molar refractivity (Wildman–Crippen MR) is 104 cm³/mol. The van der Waals surface area contributed by atoms with Crippen molar-refractivity contribution in [2.45, 2.75) is 77.1 Å². The van der Waals surface area contributed by atoms with Crippen molar-refractivity contribution in [3.05, 3.63) is 46.3 Å². The van der Waals surface area contributed by atoms with Crippen LogP contribution in [0.1, 0.15) is 65.5 Å². The number of rotatable bonds is 7. The molecule has 1 saturated heterocycles. The molecule has 7 nitrogen and oxygen atoms in total. The van der Waals surface area contributed by atoms with E-state index in [0.29, 0.717) is 5.56 Å². The Kier molecular flexibility index (Phi) is 6.87. The van der Waals surface area contributed by atoms with Crippen molar-refractivity contribution in [1.29, 1.82) is 0 Å². The lowest BCUT2D eigenvalue weighted by Crippen LogP contribution is -2.60. The molecule has 0 unspecified atom stereocenters. The van der Waals surface area contributed by atoms with E-state index in [2.05, 4.69) is 37.7 Å². The van der Waals surface area contributed by atoms with E-state index in [4.69, 9.17) is 15.1 Å². The quantitative estimate of drug-likeness (QED) is 0.292. The summed E-state index contributed by atoms with van der Waals surface area (Å²) in [6.07, 6.45) is 1.93. The second-order valence-corrected chi connectivity index (χ2v) is 8.11. The Labute approximate surface area is 161 Å². The Balaban J connectivity index is 2.44. The molecule has 1 aliphatic rings. The minimum atomic E-state index is -1.06. The van der Waals surface area contributed by atoms with Gasteiger partial charge in [0.25, 0.3) is 0 Å². The van der Waals surface area contributed by atoms with E-state index >= 15 is 0 Å². The Morgan fingerprint density at radius 2 is 1.81 bits per heavy atom. The Bertz CT molecular complexity index is 668. The minimum absolute atomic E-state index is 0.225. The Hall–Kier alpha value is -2.08. The van der Waals surface area contributed by atoms with Crippen LogP contribution in [-0.4, -0.2) is 34.8 Å². The molecule has 1 aromatic rings. The molecule has 2 rings (SSSR count). The molecule has 0 aliphatic carbocycles. The van der Waals surface area contributed by atoms with Gasteiger partial charge in [0.2, 0.25) is 0 Å². The van der Waals surface area contributed by atoms with E-state index in [1.807, 2.05) is 35.4 Å². The highest BCUT2D eigenvalue weighted by atomic mass is 16.7. The fourth-order valence-corrected chi connectivity index (χ4v) is 3.84. The average Bonchev–Trinajstić information content (AvgIpc) is 2.60. The van der Waals surface area contributed by atoms with Crippen LogP contribution >= 0.6 is 0 Å². The molecule has 0 radical (unpaired) electrons. The molecule has 0 aromatic heterocycles. The predicted octanol–water partition coefficient (Wildman–Crippen LogP) is 4.94. The molecule has 1 heterocycles. The highest BCUT2D eigenvalue weighted by Crippen LogP contribution is 2.40. The third-order valence-corrected chi connectivity index (χ3v) is 5.02. The molecule has 27 heavy (non-hydrogen) atoms. The third kappa shape index (κ3) is 5.01. The first kappa shape index (κ1) is 21.2. The summed E-state index contributed by atoms with van der Waals surface area (Å²) in [6, 6.07) is 8.37. The van der Waals surface area contributed by atoms with Gasteiger partial charge in [-0.1, -0.05) is 35.4 Å². The number of nitrogens with zero attached hydrogens (tertiary/aromatic N) is 4. The Morgan fingerprint density at radius 3 is 2.33 bits per heavy atom. The number of hydroxylamine groups is 2. The van der Waals surface area contributed by atoms with Crippen LogP contribution in [0.3, 0.4) is 0 Å². The molecular weight excluding hydrogens is 344 g/mol. The van der Waals surface area contributed by atoms with E-state index in [9.17, 15) is 4.79 Å². The standard InChI is InChI=1S/C20H30N4O3/c1-6-26-18(25)17(16(22-23-21)15-11-8-7-9-12-15)27-24-19(2,3)13-10-14-20(24,4)5/h7-9,11-12,16-17H,6,10,13-14H2,1-5H3/t16-,17-/m1/s1. The SMILES string of the molecule is CCOC(=O)[C@H](ON1C(C)(C)CCCC1(C)C)[C@H](N=[N+]=[N-])c1ccccc1. The van der Waals surface area contributed by atoms with E-state index in [0.717, 1.165) is 19.3 Å². The lowest BCUT2D eigenvalue weighted by molar-refractivity contribution is -0.305. The molecule has 0 N–H and O–H groups in total. The fourth-order valence-electron chi connectivity index (χ4n) is 3.84. The second-order valence-electron chi connectivity index (χ2n) is 8.11. The second kappa shape index (κ2) is 8.74. The van der Waals surface area contributed by atoms with E-state index in [-0.39, 0.29) is 17.7 Å². The van der Waals surface area contributed by atoms with Gasteiger partial charge in [-0.2, -0.15) is 5.06 Å². The van der Waals surface area contributed by atoms with Crippen LogP contribution in [0.25, 0.3) is 10.4 Å². The zero-order valence-electron chi connectivity index (χ0n) is 16.9. The van der Waals surface area contributed by atoms with Gasteiger partial charge in [-0.15, -0.1) is 0 Å². The summed E-state index contributed by atoms with van der Waals surface area (Å²) in [6.45, 7) is 10.4. The van der Waals surface area contributed by atoms with Crippen LogP contribution in [-0.2, 0) is 14.4 Å². The van der Waals surface area contributed by atoms with Gasteiger partial charge in [0.05, 0.1) is 6.61 Å². The van der Waals surface area contributed by atoms with E-state index < -0.39 is 18.1 Å². The number of hydrogen-bond donors (Lipinski definition) is 0. The summed E-state index contributed by atoms with van der Waals surface area (Å²) in [4.78, 5) is 22.0. The van der Waals surface area contributed by atoms with Crippen molar-refractivity contribution in [1.82, 2.24) is 5.06 Å². The average molecular weight is 374 g/mol. The highest BCUT2D eigenvalue weighted by molar-refractivity contribution is 5.76. The number of hydrogen-bond acceptors (Lipinski definition) is 5. The van der Waals surface area contributed by atoms with Crippen LogP contribution in [0.15, 0.2) is 35.4 Å². The third-order valence-electron chi connectivity index (χ3n) is 5.02. The van der Waals surface area contributed by atoms with Gasteiger partial charge in [0, 0.05) is 16.0 Å². The normalized spacial score (nSPS) is 20.9. The number of benzene rings is 1. The van der Waals surface area contributed by atoms with Crippen molar-refractivity contribution in [3.8, 4) is 0 Å². The van der Waals surface area contributed by atoms with Crippen LogP contribution < -0.4 is 0 Å². The lowest BCUT2D eigenvalue weighted by atomic mass is 9.82. The summed E-state index contributed by atoms with van der Waals surface area (Å²) >= 11 is 0. The summed E-state index contributed by atoms with van der Waals surface area (Å²) < 4.78 is 5.26. The van der Waals surface area contributed by atoms with Crippen molar-refractivity contribution in [2.24, 2.45) is 5.11 Å². The number of carbonyl (C=O) groups is 1. The summed E-state index contributed by atoms with van der Waals surface area (Å²) in [5.41, 5.74) is 9.30. The van der Waals surface area contributed by atoms with Gasteiger partial charge < -0.3 is 4.74 Å². The van der Waals surface area contributed by atoms with Gasteiger partial charge in [-0.25, -0.2) is 4.79 Å². The number of piperidine rings is 1. The molecular formula is C20H30N4O3.